The van der Waals surface area contributed by atoms with Crippen LogP contribution in [0.2, 0.25) is 0 Å². The Morgan fingerprint density at radius 2 is 2.11 bits per heavy atom. The molecule has 1 unspecified atom stereocenters. The summed E-state index contributed by atoms with van der Waals surface area (Å²) in [6.45, 7) is 1.60. The summed E-state index contributed by atoms with van der Waals surface area (Å²) in [6.07, 6.45) is -0.940. The molecule has 0 aromatic rings. The maximum Gasteiger partial charge on any atom is 0.410 e. The van der Waals surface area contributed by atoms with Crippen molar-refractivity contribution in [3.8, 4) is 0 Å². The highest BCUT2D eigenvalue weighted by Crippen LogP contribution is 1.87. The van der Waals surface area contributed by atoms with Crippen molar-refractivity contribution in [2.24, 2.45) is 5.73 Å². The van der Waals surface area contributed by atoms with E-state index in [9.17, 15) is 4.79 Å². The first-order chi connectivity index (χ1) is 4.04. The summed E-state index contributed by atoms with van der Waals surface area (Å²) in [5.41, 5.74) is 5.16. The summed E-state index contributed by atoms with van der Waals surface area (Å²) in [7, 11) is 3.20. The van der Waals surface area contributed by atoms with E-state index in [1.165, 1.54) is 4.90 Å². The van der Waals surface area contributed by atoms with Gasteiger partial charge in [0.25, 0.3) is 0 Å². The lowest BCUT2D eigenvalue weighted by Crippen LogP contribution is -2.30. The summed E-state index contributed by atoms with van der Waals surface area (Å²) < 4.78 is 4.58. The lowest BCUT2D eigenvalue weighted by Gasteiger charge is -2.12. The summed E-state index contributed by atoms with van der Waals surface area (Å²) in [4.78, 5) is 11.9. The van der Waals surface area contributed by atoms with Crippen LogP contribution in [0.25, 0.3) is 0 Å². The molecule has 0 spiro atoms. The average molecular weight is 132 g/mol. The monoisotopic (exact) mass is 132 g/mol. The Morgan fingerprint density at radius 3 is 2.22 bits per heavy atom. The van der Waals surface area contributed by atoms with Crippen molar-refractivity contribution in [3.63, 3.8) is 0 Å². The van der Waals surface area contributed by atoms with Crippen molar-refractivity contribution in [1.29, 1.82) is 0 Å². The fraction of sp³-hybridized carbons (Fsp3) is 0.800. The predicted octanol–water partition coefficient (Wildman–Crippen LogP) is -0.0107. The van der Waals surface area contributed by atoms with Crippen molar-refractivity contribution in [2.45, 2.75) is 13.2 Å². The number of ether oxygens (including phenoxy) is 1. The second-order valence-electron chi connectivity index (χ2n) is 1.98. The number of carbonyl (C=O) groups is 1. The van der Waals surface area contributed by atoms with Crippen molar-refractivity contribution in [2.75, 3.05) is 14.1 Å². The Hall–Kier alpha value is -0.770. The first kappa shape index (κ1) is 8.23. The lowest BCUT2D eigenvalue weighted by atomic mass is 10.7. The highest BCUT2D eigenvalue weighted by atomic mass is 16.6. The highest BCUT2D eigenvalue weighted by Gasteiger charge is 2.05. The van der Waals surface area contributed by atoms with Crippen LogP contribution in [-0.4, -0.2) is 31.3 Å². The molecule has 1 amide bonds. The number of hydrogen-bond acceptors (Lipinski definition) is 3. The Labute approximate surface area is 54.6 Å². The van der Waals surface area contributed by atoms with E-state index in [4.69, 9.17) is 5.73 Å². The van der Waals surface area contributed by atoms with Gasteiger partial charge < -0.3 is 9.64 Å². The van der Waals surface area contributed by atoms with E-state index in [0.29, 0.717) is 0 Å². The topological polar surface area (TPSA) is 55.6 Å². The molecular weight excluding hydrogens is 120 g/mol. The number of amides is 1. The van der Waals surface area contributed by atoms with Gasteiger partial charge in [0.1, 0.15) is 6.23 Å². The molecule has 0 rings (SSSR count). The van der Waals surface area contributed by atoms with Gasteiger partial charge in [-0.2, -0.15) is 0 Å². The molecule has 0 saturated carbocycles. The minimum atomic E-state index is -0.528. The number of carbonyl (C=O) groups excluding carboxylic acids is 1. The van der Waals surface area contributed by atoms with Crippen LogP contribution in [0.15, 0.2) is 0 Å². The number of rotatable bonds is 1. The van der Waals surface area contributed by atoms with E-state index in [0.717, 1.165) is 0 Å². The Kier molecular flexibility index (Phi) is 3.01. The third kappa shape index (κ3) is 3.78. The zero-order valence-corrected chi connectivity index (χ0v) is 5.92. The molecule has 0 aromatic heterocycles. The van der Waals surface area contributed by atoms with Gasteiger partial charge in [0, 0.05) is 14.1 Å². The van der Waals surface area contributed by atoms with Gasteiger partial charge in [0.05, 0.1) is 0 Å². The zero-order valence-electron chi connectivity index (χ0n) is 5.92. The molecule has 0 saturated heterocycles. The van der Waals surface area contributed by atoms with Crippen molar-refractivity contribution in [1.82, 2.24) is 4.90 Å². The molecule has 54 valence electrons. The number of hydrogen-bond donors (Lipinski definition) is 1. The fourth-order valence-electron chi connectivity index (χ4n) is 0.264. The molecule has 0 bridgehead atoms. The van der Waals surface area contributed by atoms with Gasteiger partial charge in [-0.1, -0.05) is 0 Å². The van der Waals surface area contributed by atoms with Gasteiger partial charge in [-0.25, -0.2) is 4.79 Å². The third-order valence-corrected chi connectivity index (χ3v) is 0.652. The van der Waals surface area contributed by atoms with Crippen LogP contribution in [0.1, 0.15) is 6.92 Å². The molecule has 0 aromatic carbocycles. The molecule has 0 radical (unpaired) electrons. The van der Waals surface area contributed by atoms with Crippen LogP contribution in [0, 0.1) is 0 Å². The molecule has 0 fully saturated rings. The molecular formula is C5H12N2O2. The second kappa shape index (κ2) is 3.29. The number of nitrogens with zero attached hydrogens (tertiary/aromatic N) is 1. The zero-order chi connectivity index (χ0) is 7.44. The first-order valence-electron chi connectivity index (χ1n) is 2.67. The van der Waals surface area contributed by atoms with Crippen molar-refractivity contribution < 1.29 is 9.53 Å². The van der Waals surface area contributed by atoms with Crippen LogP contribution in [-0.2, 0) is 4.74 Å². The standard InChI is InChI=1S/C5H12N2O2/c1-4(6)9-5(8)7(2)3/h4H,6H2,1-3H3. The molecule has 0 heterocycles. The quantitative estimate of drug-likeness (QED) is 0.510. The summed E-state index contributed by atoms with van der Waals surface area (Å²) >= 11 is 0. The Balaban J connectivity index is 3.51. The second-order valence-corrected chi connectivity index (χ2v) is 1.98. The van der Waals surface area contributed by atoms with Gasteiger partial charge in [-0.15, -0.1) is 0 Å². The summed E-state index contributed by atoms with van der Waals surface area (Å²) in [5, 5.41) is 0. The Morgan fingerprint density at radius 1 is 1.67 bits per heavy atom. The maximum absolute atomic E-state index is 10.6. The third-order valence-electron chi connectivity index (χ3n) is 0.652. The van der Waals surface area contributed by atoms with E-state index in [1.54, 1.807) is 21.0 Å². The molecule has 2 N–H and O–H groups in total. The normalized spacial score (nSPS) is 12.4. The fourth-order valence-corrected chi connectivity index (χ4v) is 0.264. The number of nitrogens with two attached hydrogens (primary N) is 1. The smallest absolute Gasteiger partial charge is 0.410 e. The van der Waals surface area contributed by atoms with Gasteiger partial charge in [-0.05, 0) is 6.92 Å². The predicted molar refractivity (Wildman–Crippen MR) is 33.8 cm³/mol. The van der Waals surface area contributed by atoms with Crippen LogP contribution < -0.4 is 5.73 Å². The Bertz CT molecular complexity index is 101. The van der Waals surface area contributed by atoms with Gasteiger partial charge >= 0.3 is 6.09 Å². The molecule has 4 nitrogen and oxygen atoms in total. The summed E-state index contributed by atoms with van der Waals surface area (Å²) in [6, 6.07) is 0. The van der Waals surface area contributed by atoms with E-state index in [2.05, 4.69) is 4.74 Å². The van der Waals surface area contributed by atoms with Crippen molar-refractivity contribution in [3.05, 3.63) is 0 Å². The van der Waals surface area contributed by atoms with E-state index < -0.39 is 12.3 Å². The minimum absolute atomic E-state index is 0.412. The van der Waals surface area contributed by atoms with Gasteiger partial charge in [0.2, 0.25) is 0 Å². The molecule has 9 heavy (non-hydrogen) atoms. The van der Waals surface area contributed by atoms with Crippen molar-refractivity contribution >= 4 is 6.09 Å². The maximum atomic E-state index is 10.6. The SMILES string of the molecule is CC(N)OC(=O)N(C)C. The largest absolute Gasteiger partial charge is 0.431 e. The van der Waals surface area contributed by atoms with E-state index in [-0.39, 0.29) is 0 Å². The van der Waals surface area contributed by atoms with Crippen LogP contribution in [0.3, 0.4) is 0 Å². The molecule has 0 aliphatic heterocycles. The van der Waals surface area contributed by atoms with Crippen LogP contribution in [0.5, 0.6) is 0 Å². The summed E-state index contributed by atoms with van der Waals surface area (Å²) in [5.74, 6) is 0. The first-order valence-corrected chi connectivity index (χ1v) is 2.67. The molecule has 0 aliphatic rings. The van der Waals surface area contributed by atoms with Crippen LogP contribution >= 0.6 is 0 Å². The average Bonchev–Trinajstić information content (AvgIpc) is 1.63. The van der Waals surface area contributed by atoms with Gasteiger partial charge in [-0.3, -0.25) is 5.73 Å². The molecule has 4 heteroatoms. The molecule has 1 atom stereocenters. The van der Waals surface area contributed by atoms with Gasteiger partial charge in [0.15, 0.2) is 0 Å². The minimum Gasteiger partial charge on any atom is -0.431 e. The van der Waals surface area contributed by atoms with Crippen LogP contribution in [0.4, 0.5) is 4.79 Å². The molecule has 0 aliphatic carbocycles. The lowest BCUT2D eigenvalue weighted by molar-refractivity contribution is 0.0855. The van der Waals surface area contributed by atoms with E-state index >= 15 is 0 Å². The van der Waals surface area contributed by atoms with E-state index in [1.807, 2.05) is 0 Å². The highest BCUT2D eigenvalue weighted by molar-refractivity contribution is 5.66.